The number of hydrogen-bond acceptors (Lipinski definition) is 4. The van der Waals surface area contributed by atoms with Crippen molar-refractivity contribution in [3.8, 4) is 0 Å². The van der Waals surface area contributed by atoms with Crippen LogP contribution in [0.5, 0.6) is 0 Å². The minimum Gasteiger partial charge on any atom is -0.780 e. The summed E-state index contributed by atoms with van der Waals surface area (Å²) >= 11 is 3.24. The Hall–Kier alpha value is 2.03. The van der Waals surface area contributed by atoms with Crippen molar-refractivity contribution in [3.63, 3.8) is 0 Å². The van der Waals surface area contributed by atoms with Gasteiger partial charge in [0.25, 0.3) is 0 Å². The van der Waals surface area contributed by atoms with Crippen LogP contribution in [-0.2, 0) is 42.6 Å². The van der Waals surface area contributed by atoms with Crippen molar-refractivity contribution in [2.45, 2.75) is 0 Å². The fourth-order valence-electron chi connectivity index (χ4n) is 0. The maximum absolute atomic E-state index is 8.89. The molecular formula is AgNaO3S2. The third-order valence-electron chi connectivity index (χ3n) is 0. The molecule has 0 aromatic rings. The van der Waals surface area contributed by atoms with Gasteiger partial charge in [-0.25, -0.2) is 0 Å². The summed E-state index contributed by atoms with van der Waals surface area (Å²) < 4.78 is 26.7. The van der Waals surface area contributed by atoms with Gasteiger partial charge in [0.2, 0.25) is 0 Å². The Morgan fingerprint density at radius 2 is 1.43 bits per heavy atom. The van der Waals surface area contributed by atoms with Gasteiger partial charge in [-0.1, -0.05) is 0 Å². The van der Waals surface area contributed by atoms with E-state index in [1.165, 1.54) is 0 Å². The second kappa shape index (κ2) is 6.15. The fraction of sp³-hybridized carbons (Fsp3) is 0. The molecule has 0 aromatic carbocycles. The van der Waals surface area contributed by atoms with E-state index in [9.17, 15) is 0 Å². The van der Waals surface area contributed by atoms with Crippen LogP contribution in [0.1, 0.15) is 0 Å². The first kappa shape index (κ1) is 16.0. The number of hydrogen-bond donors (Lipinski definition) is 0. The summed E-state index contributed by atoms with van der Waals surface area (Å²) in [7, 11) is -4.33. The minimum absolute atomic E-state index is 0. The standard InChI is InChI=1S/Ag.Na.H2O3S2/c;;1-5(2,3)4/h;;(H2,1,2,3,4)/q2*+1;/p-2. The maximum atomic E-state index is 8.89. The summed E-state index contributed by atoms with van der Waals surface area (Å²) in [5, 5.41) is 0. The first-order valence-electron chi connectivity index (χ1n) is 0.667. The normalized spacial score (nSPS) is 8.29. The largest absolute Gasteiger partial charge is 1.00 e. The summed E-state index contributed by atoms with van der Waals surface area (Å²) in [6, 6.07) is 0. The molecule has 0 unspecified atom stereocenters. The molecule has 0 heterocycles. The maximum Gasteiger partial charge on any atom is 1.00 e. The van der Waals surface area contributed by atoms with Crippen LogP contribution in [-0.4, -0.2) is 13.3 Å². The molecule has 0 radical (unpaired) electrons. The van der Waals surface area contributed by atoms with Gasteiger partial charge in [-0.3, -0.25) is 4.21 Å². The zero-order chi connectivity index (χ0) is 4.50. The molecule has 0 aliphatic rings. The van der Waals surface area contributed by atoms with E-state index in [1.54, 1.807) is 0 Å². The molecule has 0 N–H and O–H groups in total. The second-order valence-electron chi connectivity index (χ2n) is 0.408. The van der Waals surface area contributed by atoms with Crippen LogP contribution in [0.2, 0.25) is 0 Å². The molecule has 7 heteroatoms. The van der Waals surface area contributed by atoms with E-state index in [0.717, 1.165) is 0 Å². The summed E-state index contributed by atoms with van der Waals surface area (Å²) in [5.41, 5.74) is 0. The van der Waals surface area contributed by atoms with E-state index >= 15 is 0 Å². The Bertz CT molecular complexity index is 96.1. The van der Waals surface area contributed by atoms with Gasteiger partial charge in [0.1, 0.15) is 0 Å². The van der Waals surface area contributed by atoms with Crippen LogP contribution in [0.3, 0.4) is 0 Å². The average molecular weight is 243 g/mol. The zero-order valence-corrected chi connectivity index (χ0v) is 8.46. The zero-order valence-electron chi connectivity index (χ0n) is 3.34. The molecular weight excluding hydrogens is 243 g/mol. The van der Waals surface area contributed by atoms with Crippen LogP contribution in [0.25, 0.3) is 0 Å². The van der Waals surface area contributed by atoms with Gasteiger partial charge in [-0.2, -0.15) is 0 Å². The van der Waals surface area contributed by atoms with Crippen molar-refractivity contribution in [2.24, 2.45) is 0 Å². The first-order chi connectivity index (χ1) is 2.00. The molecule has 0 bridgehead atoms. The average Bonchev–Trinajstić information content (AvgIpc) is 0.722. The SMILES string of the molecule is O=S([O-])([O-])=S.[Ag+].[Na+]. The third-order valence-corrected chi connectivity index (χ3v) is 0. The molecule has 0 aliphatic heterocycles. The molecule has 0 saturated carbocycles. The van der Waals surface area contributed by atoms with Gasteiger partial charge in [0, 0.05) is 0 Å². The quantitative estimate of drug-likeness (QED) is 0.407. The Kier molecular flexibility index (Phi) is 14.1. The van der Waals surface area contributed by atoms with E-state index in [4.69, 9.17) is 13.3 Å². The van der Waals surface area contributed by atoms with Crippen molar-refractivity contribution in [3.05, 3.63) is 0 Å². The summed E-state index contributed by atoms with van der Waals surface area (Å²) in [5.74, 6) is 0. The smallest absolute Gasteiger partial charge is 0.780 e. The first-order valence-corrected chi connectivity index (χ1v) is 3.00. The monoisotopic (exact) mass is 242 g/mol. The molecule has 0 fully saturated rings. The summed E-state index contributed by atoms with van der Waals surface area (Å²) in [6.07, 6.45) is 0. The van der Waals surface area contributed by atoms with Crippen molar-refractivity contribution < 1.29 is 65.3 Å². The third kappa shape index (κ3) is 70.8. The molecule has 0 amide bonds. The van der Waals surface area contributed by atoms with Gasteiger partial charge in [-0.15, -0.1) is 9.05 Å². The molecule has 0 rings (SSSR count). The van der Waals surface area contributed by atoms with Crippen molar-refractivity contribution in [2.75, 3.05) is 0 Å². The van der Waals surface area contributed by atoms with Gasteiger partial charge >= 0.3 is 51.9 Å². The molecule has 0 aliphatic carbocycles. The molecule has 42 valence electrons. The van der Waals surface area contributed by atoms with E-state index in [0.29, 0.717) is 0 Å². The van der Waals surface area contributed by atoms with Crippen LogP contribution < -0.4 is 29.6 Å². The van der Waals surface area contributed by atoms with Gasteiger partial charge in [-0.05, 0) is 11.2 Å². The molecule has 0 spiro atoms. The predicted octanol–water partition coefficient (Wildman–Crippen LogP) is -4.00. The van der Waals surface area contributed by atoms with E-state index < -0.39 is 9.05 Å². The molecule has 3 nitrogen and oxygen atoms in total. The molecule has 7 heavy (non-hydrogen) atoms. The van der Waals surface area contributed by atoms with Crippen LogP contribution >= 0.6 is 0 Å². The summed E-state index contributed by atoms with van der Waals surface area (Å²) in [6.45, 7) is 0. The van der Waals surface area contributed by atoms with Crippen LogP contribution in [0.15, 0.2) is 0 Å². The van der Waals surface area contributed by atoms with E-state index in [-0.39, 0.29) is 51.9 Å². The second-order valence-corrected chi connectivity index (χ2v) is 2.45. The Morgan fingerprint density at radius 1 is 1.43 bits per heavy atom. The van der Waals surface area contributed by atoms with E-state index in [1.807, 2.05) is 0 Å². The minimum atomic E-state index is -4.33. The Morgan fingerprint density at radius 3 is 1.43 bits per heavy atom. The number of rotatable bonds is 0. The fourth-order valence-corrected chi connectivity index (χ4v) is 0. The van der Waals surface area contributed by atoms with Crippen molar-refractivity contribution in [1.82, 2.24) is 0 Å². The van der Waals surface area contributed by atoms with Gasteiger partial charge in [0.05, 0.1) is 0 Å². The predicted molar refractivity (Wildman–Crippen MR) is 17.1 cm³/mol. The van der Waals surface area contributed by atoms with Crippen molar-refractivity contribution in [1.29, 1.82) is 0 Å². The van der Waals surface area contributed by atoms with Gasteiger partial charge in [0.15, 0.2) is 0 Å². The van der Waals surface area contributed by atoms with E-state index in [2.05, 4.69) is 11.2 Å². The molecule has 0 saturated heterocycles. The van der Waals surface area contributed by atoms with Crippen LogP contribution in [0.4, 0.5) is 0 Å². The topological polar surface area (TPSA) is 63.2 Å². The summed E-state index contributed by atoms with van der Waals surface area (Å²) in [4.78, 5) is 0. The molecule has 0 atom stereocenters. The van der Waals surface area contributed by atoms with Crippen molar-refractivity contribution >= 4 is 20.2 Å². The van der Waals surface area contributed by atoms with Crippen LogP contribution in [0, 0.1) is 0 Å². The Labute approximate surface area is 84.4 Å². The van der Waals surface area contributed by atoms with Gasteiger partial charge < -0.3 is 9.11 Å². The Balaban J connectivity index is -0.0000000800. The molecule has 0 aromatic heterocycles.